The fraction of sp³-hybridized carbons (Fsp3) is 0.385. The van der Waals surface area contributed by atoms with E-state index in [0.717, 1.165) is 22.6 Å². The van der Waals surface area contributed by atoms with Gasteiger partial charge in [0, 0.05) is 34.9 Å². The van der Waals surface area contributed by atoms with Gasteiger partial charge in [-0.15, -0.1) is 0 Å². The van der Waals surface area contributed by atoms with E-state index in [1.54, 1.807) is 0 Å². The van der Waals surface area contributed by atoms with E-state index in [0.29, 0.717) is 11.5 Å². The van der Waals surface area contributed by atoms with Gasteiger partial charge in [0.1, 0.15) is 0 Å². The van der Waals surface area contributed by atoms with Crippen LogP contribution in [0.15, 0.2) is 48.0 Å². The molecule has 166 valence electrons. The van der Waals surface area contributed by atoms with Crippen molar-refractivity contribution < 1.29 is 4.79 Å². The zero-order valence-corrected chi connectivity index (χ0v) is 19.5. The minimum absolute atomic E-state index is 0.250. The number of amides is 1. The average Bonchev–Trinajstić information content (AvgIpc) is 3.02. The zero-order valence-electron chi connectivity index (χ0n) is 19.5. The molecule has 0 radical (unpaired) electrons. The third-order valence-corrected chi connectivity index (χ3v) is 5.55. The number of rotatable bonds is 6. The summed E-state index contributed by atoms with van der Waals surface area (Å²) in [6.07, 6.45) is 5.85. The molecule has 0 spiro atoms. The lowest BCUT2D eigenvalue weighted by molar-refractivity contribution is -0.106. The molecule has 1 unspecified atom stereocenters. The van der Waals surface area contributed by atoms with Crippen LogP contribution in [0.25, 0.3) is 5.70 Å². The average molecular weight is 421 g/mol. The first-order valence-corrected chi connectivity index (χ1v) is 10.8. The summed E-state index contributed by atoms with van der Waals surface area (Å²) < 4.78 is 0. The van der Waals surface area contributed by atoms with Crippen molar-refractivity contribution >= 4 is 35.4 Å². The molecule has 1 saturated carbocycles. The summed E-state index contributed by atoms with van der Waals surface area (Å²) in [5.41, 5.74) is 12.1. The zero-order chi connectivity index (χ0) is 23.0. The minimum atomic E-state index is 0.250. The van der Waals surface area contributed by atoms with E-state index in [1.807, 2.05) is 13.1 Å². The maximum absolute atomic E-state index is 8.58. The number of benzene rings is 2. The Bertz CT molecular complexity index is 929. The molecular weight excluding hydrogens is 384 g/mol. The normalized spacial score (nSPS) is 17.0. The van der Waals surface area contributed by atoms with Crippen LogP contribution in [-0.2, 0) is 4.79 Å². The molecule has 4 N–H and O–H groups in total. The maximum atomic E-state index is 8.58. The fourth-order valence-corrected chi connectivity index (χ4v) is 4.26. The van der Waals surface area contributed by atoms with E-state index in [4.69, 9.17) is 4.79 Å². The molecule has 1 aliphatic rings. The Morgan fingerprint density at radius 3 is 2.35 bits per heavy atom. The number of primary amides is 1. The number of hydrogen-bond acceptors (Lipinski definition) is 4. The molecule has 0 aromatic heterocycles. The summed E-state index contributed by atoms with van der Waals surface area (Å²) in [6, 6.07) is 13.4. The second-order valence-electron chi connectivity index (χ2n) is 8.93. The van der Waals surface area contributed by atoms with Crippen molar-refractivity contribution in [1.82, 2.24) is 0 Å². The monoisotopic (exact) mass is 420 g/mol. The molecule has 1 amide bonds. The van der Waals surface area contributed by atoms with Gasteiger partial charge in [0.05, 0.1) is 5.69 Å². The van der Waals surface area contributed by atoms with E-state index >= 15 is 0 Å². The van der Waals surface area contributed by atoms with Crippen molar-refractivity contribution in [3.05, 3.63) is 59.7 Å². The van der Waals surface area contributed by atoms with Gasteiger partial charge >= 0.3 is 0 Å². The summed E-state index contributed by atoms with van der Waals surface area (Å²) in [6.45, 7) is 15.1. The maximum Gasteiger partial charge on any atom is 0.204 e. The van der Waals surface area contributed by atoms with Gasteiger partial charge in [-0.25, -0.2) is 0 Å². The Morgan fingerprint density at radius 2 is 1.81 bits per heavy atom. The van der Waals surface area contributed by atoms with Crippen LogP contribution in [0.3, 0.4) is 0 Å². The molecule has 0 saturated heterocycles. The lowest BCUT2D eigenvalue weighted by Gasteiger charge is -2.19. The number of anilines is 2. The molecule has 0 heterocycles. The Labute approximate surface area is 186 Å². The van der Waals surface area contributed by atoms with Gasteiger partial charge in [-0.1, -0.05) is 26.5 Å². The smallest absolute Gasteiger partial charge is 0.204 e. The quantitative estimate of drug-likeness (QED) is 0.384. The van der Waals surface area contributed by atoms with Crippen molar-refractivity contribution in [2.75, 3.05) is 10.6 Å². The van der Waals surface area contributed by atoms with E-state index < -0.39 is 0 Å². The molecule has 3 rings (SSSR count). The van der Waals surface area contributed by atoms with Gasteiger partial charge in [0.2, 0.25) is 6.41 Å². The van der Waals surface area contributed by atoms with Crippen LogP contribution in [-0.4, -0.2) is 18.7 Å². The fourth-order valence-electron chi connectivity index (χ4n) is 4.26. The third-order valence-electron chi connectivity index (χ3n) is 5.55. The topological polar surface area (TPSA) is 79.5 Å². The second kappa shape index (κ2) is 10.8. The predicted octanol–water partition coefficient (Wildman–Crippen LogP) is 6.20. The molecule has 1 aliphatic carbocycles. The van der Waals surface area contributed by atoms with Crippen LogP contribution >= 0.6 is 0 Å². The first-order valence-electron chi connectivity index (χ1n) is 10.8. The summed E-state index contributed by atoms with van der Waals surface area (Å²) in [5, 5.41) is 7.14. The van der Waals surface area contributed by atoms with Crippen molar-refractivity contribution in [2.24, 2.45) is 16.1 Å². The van der Waals surface area contributed by atoms with E-state index in [-0.39, 0.29) is 6.41 Å². The first kappa shape index (κ1) is 24.2. The number of aliphatic imine (C=N–C) groups is 1. The molecular formula is C26H36N4O. The first-order chi connectivity index (χ1) is 14.7. The Morgan fingerprint density at radius 1 is 1.19 bits per heavy atom. The summed E-state index contributed by atoms with van der Waals surface area (Å²) >= 11 is 0. The number of nitrogens with zero attached hydrogens (tertiary/aromatic N) is 1. The number of carbonyl (C=O) groups excluding carboxylic acids is 1. The number of aryl methyl sites for hydroxylation is 2. The standard InChI is InChI=1S/C25H33N3.CH3NO/c1-7-26-23-15-17(2)14-18(3)24(23)19(4)27-20-8-10-21(11-9-20)28-22-12-13-25(5,6)16-22;2-1-3/h7-11,14-15,22,27-28H,4,12-13,16H2,1-3,5-6H3;1H,(H2,2,3). The highest BCUT2D eigenvalue weighted by molar-refractivity contribution is 5.84. The van der Waals surface area contributed by atoms with Crippen LogP contribution in [0.2, 0.25) is 0 Å². The van der Waals surface area contributed by atoms with Gasteiger partial charge in [-0.05, 0) is 86.9 Å². The van der Waals surface area contributed by atoms with Crippen LogP contribution in [0.4, 0.5) is 17.1 Å². The van der Waals surface area contributed by atoms with E-state index in [2.05, 4.69) is 92.0 Å². The largest absolute Gasteiger partial charge is 0.382 e. The van der Waals surface area contributed by atoms with Gasteiger partial charge in [0.15, 0.2) is 0 Å². The van der Waals surface area contributed by atoms with Crippen molar-refractivity contribution in [3.63, 3.8) is 0 Å². The van der Waals surface area contributed by atoms with E-state index in [1.165, 1.54) is 36.1 Å². The summed E-state index contributed by atoms with van der Waals surface area (Å²) in [7, 11) is 0. The van der Waals surface area contributed by atoms with Crippen molar-refractivity contribution in [3.8, 4) is 0 Å². The Kier molecular flexibility index (Phi) is 8.43. The van der Waals surface area contributed by atoms with Crippen LogP contribution in [0.5, 0.6) is 0 Å². The highest BCUT2D eigenvalue weighted by Gasteiger charge is 2.30. The SMILES string of the molecule is C=C(Nc1ccc(NC2CCC(C)(C)C2)cc1)c1c(C)cc(C)cc1N=CC.NC=O. The molecule has 31 heavy (non-hydrogen) atoms. The van der Waals surface area contributed by atoms with E-state index in [9.17, 15) is 0 Å². The van der Waals surface area contributed by atoms with Gasteiger partial charge in [-0.3, -0.25) is 9.79 Å². The van der Waals surface area contributed by atoms with Gasteiger partial charge in [-0.2, -0.15) is 0 Å². The van der Waals surface area contributed by atoms with Crippen molar-refractivity contribution in [1.29, 1.82) is 0 Å². The highest BCUT2D eigenvalue weighted by atomic mass is 16.1. The Hall–Kier alpha value is -3.08. The minimum Gasteiger partial charge on any atom is -0.382 e. The molecule has 0 bridgehead atoms. The van der Waals surface area contributed by atoms with Crippen LogP contribution in [0, 0.1) is 19.3 Å². The number of hydrogen-bond donors (Lipinski definition) is 3. The highest BCUT2D eigenvalue weighted by Crippen LogP contribution is 2.38. The summed E-state index contributed by atoms with van der Waals surface area (Å²) in [5.74, 6) is 0. The number of carbonyl (C=O) groups is 1. The third kappa shape index (κ3) is 6.99. The predicted molar refractivity (Wildman–Crippen MR) is 134 cm³/mol. The molecule has 5 heteroatoms. The lowest BCUT2D eigenvalue weighted by Crippen LogP contribution is -2.17. The summed E-state index contributed by atoms with van der Waals surface area (Å²) in [4.78, 5) is 13.1. The Balaban J connectivity index is 0.00000107. The van der Waals surface area contributed by atoms with Crippen LogP contribution < -0.4 is 16.4 Å². The molecule has 5 nitrogen and oxygen atoms in total. The molecule has 1 atom stereocenters. The van der Waals surface area contributed by atoms with Gasteiger partial charge in [0.25, 0.3) is 0 Å². The molecule has 1 fully saturated rings. The van der Waals surface area contributed by atoms with Gasteiger partial charge < -0.3 is 16.4 Å². The second-order valence-corrected chi connectivity index (χ2v) is 8.93. The molecule has 2 aromatic carbocycles. The number of nitrogens with two attached hydrogens (primary N) is 1. The number of nitrogens with one attached hydrogen (secondary N) is 2. The van der Waals surface area contributed by atoms with Crippen LogP contribution in [0.1, 0.15) is 56.7 Å². The van der Waals surface area contributed by atoms with Crippen molar-refractivity contribution in [2.45, 2.75) is 59.9 Å². The lowest BCUT2D eigenvalue weighted by atomic mass is 9.92. The molecule has 2 aromatic rings. The molecule has 0 aliphatic heterocycles.